The Hall–Kier alpha value is -2.89. The van der Waals surface area contributed by atoms with Crippen molar-refractivity contribution in [1.29, 1.82) is 0 Å². The van der Waals surface area contributed by atoms with Crippen LogP contribution in [0.5, 0.6) is 0 Å². The first-order valence-electron chi connectivity index (χ1n) is 7.46. The summed E-state index contributed by atoms with van der Waals surface area (Å²) in [5.74, 6) is -0.245. The Labute approximate surface area is 134 Å². The molecule has 0 aromatic heterocycles. The number of rotatable bonds is 6. The van der Waals surface area contributed by atoms with Gasteiger partial charge in [-0.3, -0.25) is 14.9 Å². The van der Waals surface area contributed by atoms with Crippen molar-refractivity contribution in [3.05, 3.63) is 64.2 Å². The van der Waals surface area contributed by atoms with E-state index in [1.165, 1.54) is 24.3 Å². The molecule has 120 valence electrons. The van der Waals surface area contributed by atoms with E-state index in [2.05, 4.69) is 24.1 Å². The van der Waals surface area contributed by atoms with Crippen LogP contribution in [-0.2, 0) is 0 Å². The van der Waals surface area contributed by atoms with Gasteiger partial charge in [-0.2, -0.15) is 0 Å². The molecule has 1 amide bonds. The SMILES string of the molecule is CCN(CC)c1ccc(C(=O)Nc2ccc([N+](=O)[O-])cc2)cc1. The van der Waals surface area contributed by atoms with Gasteiger partial charge in [0, 0.05) is 42.2 Å². The lowest BCUT2D eigenvalue weighted by atomic mass is 10.1. The molecular weight excluding hydrogens is 294 g/mol. The van der Waals surface area contributed by atoms with E-state index >= 15 is 0 Å². The molecule has 0 saturated heterocycles. The molecule has 0 fully saturated rings. The molecule has 2 rings (SSSR count). The van der Waals surface area contributed by atoms with Gasteiger partial charge in [0.25, 0.3) is 11.6 Å². The molecule has 0 spiro atoms. The smallest absolute Gasteiger partial charge is 0.269 e. The molecule has 0 saturated carbocycles. The first-order valence-corrected chi connectivity index (χ1v) is 7.46. The van der Waals surface area contributed by atoms with E-state index in [-0.39, 0.29) is 11.6 Å². The minimum atomic E-state index is -0.475. The zero-order chi connectivity index (χ0) is 16.8. The largest absolute Gasteiger partial charge is 0.372 e. The molecule has 0 atom stereocenters. The highest BCUT2D eigenvalue weighted by Crippen LogP contribution is 2.18. The highest BCUT2D eigenvalue weighted by molar-refractivity contribution is 6.04. The number of hydrogen-bond donors (Lipinski definition) is 1. The standard InChI is InChI=1S/C17H19N3O3/c1-3-19(4-2)15-9-5-13(6-10-15)17(21)18-14-7-11-16(12-8-14)20(22)23/h5-12H,3-4H2,1-2H3,(H,18,21). The van der Waals surface area contributed by atoms with Crippen molar-refractivity contribution in [2.45, 2.75) is 13.8 Å². The third kappa shape index (κ3) is 4.06. The average Bonchev–Trinajstić information content (AvgIpc) is 2.57. The lowest BCUT2D eigenvalue weighted by Gasteiger charge is -2.21. The summed E-state index contributed by atoms with van der Waals surface area (Å²) in [6, 6.07) is 13.1. The minimum Gasteiger partial charge on any atom is -0.372 e. The zero-order valence-electron chi connectivity index (χ0n) is 13.2. The molecule has 23 heavy (non-hydrogen) atoms. The summed E-state index contributed by atoms with van der Waals surface area (Å²) < 4.78 is 0. The summed E-state index contributed by atoms with van der Waals surface area (Å²) in [6.45, 7) is 5.98. The molecule has 2 aromatic carbocycles. The molecule has 0 aliphatic rings. The summed E-state index contributed by atoms with van der Waals surface area (Å²) in [5.41, 5.74) is 2.13. The van der Waals surface area contributed by atoms with Crippen LogP contribution >= 0.6 is 0 Å². The lowest BCUT2D eigenvalue weighted by Crippen LogP contribution is -2.21. The van der Waals surface area contributed by atoms with Crippen LogP contribution in [0, 0.1) is 10.1 Å². The van der Waals surface area contributed by atoms with E-state index < -0.39 is 4.92 Å². The predicted octanol–water partition coefficient (Wildman–Crippen LogP) is 3.69. The Morgan fingerprint density at radius 1 is 1.04 bits per heavy atom. The maximum atomic E-state index is 12.2. The van der Waals surface area contributed by atoms with Crippen LogP contribution in [0.15, 0.2) is 48.5 Å². The fourth-order valence-corrected chi connectivity index (χ4v) is 2.28. The third-order valence-corrected chi connectivity index (χ3v) is 3.59. The molecular formula is C17H19N3O3. The summed E-state index contributed by atoms with van der Waals surface area (Å²) in [7, 11) is 0. The van der Waals surface area contributed by atoms with Crippen LogP contribution in [0.25, 0.3) is 0 Å². The Morgan fingerprint density at radius 2 is 1.61 bits per heavy atom. The number of amides is 1. The van der Waals surface area contributed by atoms with E-state index in [1.54, 1.807) is 12.1 Å². The average molecular weight is 313 g/mol. The summed E-state index contributed by atoms with van der Waals surface area (Å²) in [6.07, 6.45) is 0. The van der Waals surface area contributed by atoms with Crippen molar-refractivity contribution in [3.8, 4) is 0 Å². The van der Waals surface area contributed by atoms with E-state index in [4.69, 9.17) is 0 Å². The summed E-state index contributed by atoms with van der Waals surface area (Å²) in [4.78, 5) is 24.5. The molecule has 0 aliphatic heterocycles. The quantitative estimate of drug-likeness (QED) is 0.652. The summed E-state index contributed by atoms with van der Waals surface area (Å²) in [5, 5.41) is 13.3. The van der Waals surface area contributed by atoms with Gasteiger partial charge in [0.15, 0.2) is 0 Å². The van der Waals surface area contributed by atoms with Gasteiger partial charge in [0.05, 0.1) is 4.92 Å². The maximum Gasteiger partial charge on any atom is 0.269 e. The van der Waals surface area contributed by atoms with Gasteiger partial charge in [0.1, 0.15) is 0 Å². The van der Waals surface area contributed by atoms with Gasteiger partial charge in [-0.05, 0) is 50.2 Å². The van der Waals surface area contributed by atoms with E-state index in [0.29, 0.717) is 11.3 Å². The van der Waals surface area contributed by atoms with Gasteiger partial charge >= 0.3 is 0 Å². The highest BCUT2D eigenvalue weighted by atomic mass is 16.6. The Kier molecular flexibility index (Phi) is 5.30. The van der Waals surface area contributed by atoms with Crippen molar-refractivity contribution in [1.82, 2.24) is 0 Å². The fourth-order valence-electron chi connectivity index (χ4n) is 2.28. The molecule has 6 heteroatoms. The molecule has 2 aromatic rings. The topological polar surface area (TPSA) is 75.5 Å². The molecule has 0 bridgehead atoms. The number of benzene rings is 2. The number of carbonyl (C=O) groups excluding carboxylic acids is 1. The number of carbonyl (C=O) groups is 1. The third-order valence-electron chi connectivity index (χ3n) is 3.59. The minimum absolute atomic E-state index is 0.00780. The van der Waals surface area contributed by atoms with Gasteiger partial charge in [-0.15, -0.1) is 0 Å². The zero-order valence-corrected chi connectivity index (χ0v) is 13.2. The first-order chi connectivity index (χ1) is 11.0. The lowest BCUT2D eigenvalue weighted by molar-refractivity contribution is -0.384. The molecule has 0 aliphatic carbocycles. The first kappa shape index (κ1) is 16.5. The van der Waals surface area contributed by atoms with Crippen LogP contribution in [0.1, 0.15) is 24.2 Å². The molecule has 0 heterocycles. The van der Waals surface area contributed by atoms with Gasteiger partial charge in [0.2, 0.25) is 0 Å². The van der Waals surface area contributed by atoms with Crippen LogP contribution in [-0.4, -0.2) is 23.9 Å². The highest BCUT2D eigenvalue weighted by Gasteiger charge is 2.09. The Bertz CT molecular complexity index is 677. The van der Waals surface area contributed by atoms with Crippen LogP contribution in [0.4, 0.5) is 17.1 Å². The van der Waals surface area contributed by atoms with Crippen molar-refractivity contribution in [3.63, 3.8) is 0 Å². The Balaban J connectivity index is 2.07. The second-order valence-corrected chi connectivity index (χ2v) is 4.98. The normalized spacial score (nSPS) is 10.2. The van der Waals surface area contributed by atoms with Crippen LogP contribution < -0.4 is 10.2 Å². The Morgan fingerprint density at radius 3 is 2.09 bits per heavy atom. The van der Waals surface area contributed by atoms with Crippen molar-refractivity contribution in [2.75, 3.05) is 23.3 Å². The van der Waals surface area contributed by atoms with Gasteiger partial charge < -0.3 is 10.2 Å². The number of non-ortho nitro benzene ring substituents is 1. The number of nitrogens with one attached hydrogen (secondary N) is 1. The van der Waals surface area contributed by atoms with Crippen molar-refractivity contribution >= 4 is 23.0 Å². The van der Waals surface area contributed by atoms with Crippen LogP contribution in [0.3, 0.4) is 0 Å². The fraction of sp³-hybridized carbons (Fsp3) is 0.235. The predicted molar refractivity (Wildman–Crippen MR) is 91.1 cm³/mol. The molecule has 6 nitrogen and oxygen atoms in total. The molecule has 0 unspecified atom stereocenters. The van der Waals surface area contributed by atoms with E-state index in [9.17, 15) is 14.9 Å². The number of hydrogen-bond acceptors (Lipinski definition) is 4. The maximum absolute atomic E-state index is 12.2. The number of nitro groups is 1. The number of nitro benzene ring substituents is 1. The number of anilines is 2. The van der Waals surface area contributed by atoms with Crippen molar-refractivity contribution < 1.29 is 9.72 Å². The number of nitrogens with zero attached hydrogens (tertiary/aromatic N) is 2. The second-order valence-electron chi connectivity index (χ2n) is 4.98. The molecule has 1 N–H and O–H groups in total. The van der Waals surface area contributed by atoms with Gasteiger partial charge in [-0.1, -0.05) is 0 Å². The van der Waals surface area contributed by atoms with E-state index in [0.717, 1.165) is 18.8 Å². The van der Waals surface area contributed by atoms with Crippen molar-refractivity contribution in [2.24, 2.45) is 0 Å². The second kappa shape index (κ2) is 7.40. The monoisotopic (exact) mass is 313 g/mol. The summed E-state index contributed by atoms with van der Waals surface area (Å²) >= 11 is 0. The molecule has 0 radical (unpaired) electrons. The van der Waals surface area contributed by atoms with Gasteiger partial charge in [-0.25, -0.2) is 0 Å². The van der Waals surface area contributed by atoms with Crippen LogP contribution in [0.2, 0.25) is 0 Å². The van der Waals surface area contributed by atoms with E-state index in [1.807, 2.05) is 12.1 Å².